The second-order valence-corrected chi connectivity index (χ2v) is 7.71. The number of unbranched alkanes of at least 4 members (excludes halogenated alkanes) is 1. The average molecular weight is 491 g/mol. The standard InChI is InChI=1S/C19H38N8O7/c1-10(29)14(27-15(30)11(21)9-28)17(32)25-12(6-4-8-24-19(22)23)16(31)26-13(18(33)34)5-2-3-7-20/h10-14,28-29H,2-9,20-21H2,1H3,(H,25,32)(H,26,31)(H,27,30)(H,33,34)(H4,22,23,24). The molecule has 5 unspecified atom stereocenters. The molecule has 34 heavy (non-hydrogen) atoms. The summed E-state index contributed by atoms with van der Waals surface area (Å²) in [5.74, 6) is -3.98. The van der Waals surface area contributed by atoms with E-state index in [2.05, 4.69) is 20.9 Å². The first-order valence-electron chi connectivity index (χ1n) is 10.9. The highest BCUT2D eigenvalue weighted by atomic mass is 16.4. The van der Waals surface area contributed by atoms with Crippen molar-refractivity contribution in [2.75, 3.05) is 19.7 Å². The largest absolute Gasteiger partial charge is 0.480 e. The number of aliphatic hydroxyl groups is 2. The van der Waals surface area contributed by atoms with E-state index in [9.17, 15) is 29.4 Å². The number of nitrogens with zero attached hydrogens (tertiary/aromatic N) is 1. The van der Waals surface area contributed by atoms with Crippen LogP contribution in [0.4, 0.5) is 0 Å². The minimum absolute atomic E-state index is 0.0279. The predicted molar refractivity (Wildman–Crippen MR) is 123 cm³/mol. The maximum Gasteiger partial charge on any atom is 0.326 e. The van der Waals surface area contributed by atoms with Crippen molar-refractivity contribution < 1.29 is 34.5 Å². The van der Waals surface area contributed by atoms with Crippen LogP contribution in [-0.4, -0.2) is 94.9 Å². The zero-order valence-electron chi connectivity index (χ0n) is 19.3. The van der Waals surface area contributed by atoms with Crippen LogP contribution in [0, 0.1) is 0 Å². The van der Waals surface area contributed by atoms with Crippen LogP contribution < -0.4 is 38.9 Å². The number of rotatable bonds is 17. The Hall–Kier alpha value is -3.01. The van der Waals surface area contributed by atoms with E-state index in [4.69, 9.17) is 28.0 Å². The van der Waals surface area contributed by atoms with Crippen LogP contribution in [0.15, 0.2) is 4.99 Å². The Morgan fingerprint density at radius 3 is 2.00 bits per heavy atom. The molecular formula is C19H38N8O7. The van der Waals surface area contributed by atoms with Crippen molar-refractivity contribution in [1.82, 2.24) is 16.0 Å². The van der Waals surface area contributed by atoms with Crippen LogP contribution in [0.1, 0.15) is 39.0 Å². The summed E-state index contributed by atoms with van der Waals surface area (Å²) in [4.78, 5) is 52.8. The molecule has 0 aromatic rings. The third-order valence-electron chi connectivity index (χ3n) is 4.74. The fraction of sp³-hybridized carbons (Fsp3) is 0.737. The molecular weight excluding hydrogens is 452 g/mol. The molecule has 0 heterocycles. The fourth-order valence-electron chi connectivity index (χ4n) is 2.80. The number of nitrogens with two attached hydrogens (primary N) is 4. The smallest absolute Gasteiger partial charge is 0.326 e. The van der Waals surface area contributed by atoms with Crippen LogP contribution in [-0.2, 0) is 19.2 Å². The van der Waals surface area contributed by atoms with Gasteiger partial charge in [-0.25, -0.2) is 4.79 Å². The van der Waals surface area contributed by atoms with E-state index in [1.165, 1.54) is 6.92 Å². The Kier molecular flexibility index (Phi) is 15.1. The third kappa shape index (κ3) is 12.3. The number of aliphatic imine (C=N–C) groups is 1. The first-order valence-corrected chi connectivity index (χ1v) is 10.9. The number of aliphatic carboxylic acids is 1. The van der Waals surface area contributed by atoms with Gasteiger partial charge in [0.05, 0.1) is 12.7 Å². The minimum Gasteiger partial charge on any atom is -0.480 e. The van der Waals surface area contributed by atoms with Crippen molar-refractivity contribution in [2.45, 2.75) is 69.3 Å². The van der Waals surface area contributed by atoms with Gasteiger partial charge in [0.25, 0.3) is 0 Å². The molecule has 0 saturated carbocycles. The van der Waals surface area contributed by atoms with Gasteiger partial charge in [-0.05, 0) is 45.6 Å². The Labute approximate surface area is 197 Å². The van der Waals surface area contributed by atoms with E-state index in [1.807, 2.05) is 0 Å². The van der Waals surface area contributed by atoms with E-state index >= 15 is 0 Å². The van der Waals surface area contributed by atoms with Gasteiger partial charge in [0.2, 0.25) is 17.7 Å². The Morgan fingerprint density at radius 1 is 0.912 bits per heavy atom. The van der Waals surface area contributed by atoms with Crippen LogP contribution in [0.25, 0.3) is 0 Å². The maximum absolute atomic E-state index is 12.8. The molecule has 196 valence electrons. The number of hydrogen-bond donors (Lipinski definition) is 10. The van der Waals surface area contributed by atoms with Gasteiger partial charge in [-0.3, -0.25) is 19.4 Å². The molecule has 0 aromatic heterocycles. The van der Waals surface area contributed by atoms with Crippen LogP contribution >= 0.6 is 0 Å². The molecule has 15 nitrogen and oxygen atoms in total. The van der Waals surface area contributed by atoms with Crippen molar-refractivity contribution in [2.24, 2.45) is 27.9 Å². The van der Waals surface area contributed by atoms with Gasteiger partial charge in [-0.2, -0.15) is 0 Å². The van der Waals surface area contributed by atoms with Crippen LogP contribution in [0.2, 0.25) is 0 Å². The summed E-state index contributed by atoms with van der Waals surface area (Å²) in [7, 11) is 0. The summed E-state index contributed by atoms with van der Waals surface area (Å²) in [6, 6.07) is -5.23. The summed E-state index contributed by atoms with van der Waals surface area (Å²) in [5.41, 5.74) is 21.4. The summed E-state index contributed by atoms with van der Waals surface area (Å²) in [5, 5.41) is 35.3. The summed E-state index contributed by atoms with van der Waals surface area (Å²) in [6.45, 7) is 1.07. The number of carbonyl (C=O) groups excluding carboxylic acids is 3. The second-order valence-electron chi connectivity index (χ2n) is 7.71. The highest BCUT2D eigenvalue weighted by molar-refractivity contribution is 5.94. The quantitative estimate of drug-likeness (QED) is 0.0525. The number of amides is 3. The van der Waals surface area contributed by atoms with E-state index in [-0.39, 0.29) is 31.8 Å². The molecule has 0 saturated heterocycles. The van der Waals surface area contributed by atoms with Crippen molar-refractivity contribution >= 4 is 29.7 Å². The third-order valence-corrected chi connectivity index (χ3v) is 4.74. The molecule has 0 radical (unpaired) electrons. The summed E-state index contributed by atoms with van der Waals surface area (Å²) in [6.07, 6.45) is 0.0876. The van der Waals surface area contributed by atoms with E-state index < -0.39 is 60.6 Å². The lowest BCUT2D eigenvalue weighted by atomic mass is 10.1. The summed E-state index contributed by atoms with van der Waals surface area (Å²) < 4.78 is 0. The topological polar surface area (TPSA) is 282 Å². The molecule has 0 spiro atoms. The fourth-order valence-corrected chi connectivity index (χ4v) is 2.80. The molecule has 0 rings (SSSR count). The van der Waals surface area contributed by atoms with Crippen molar-refractivity contribution in [1.29, 1.82) is 0 Å². The van der Waals surface area contributed by atoms with Gasteiger partial charge in [-0.15, -0.1) is 0 Å². The van der Waals surface area contributed by atoms with Crippen LogP contribution in [0.5, 0.6) is 0 Å². The molecule has 5 atom stereocenters. The molecule has 0 aliphatic rings. The Morgan fingerprint density at radius 2 is 1.50 bits per heavy atom. The lowest BCUT2D eigenvalue weighted by Crippen LogP contribution is -2.60. The molecule has 15 heteroatoms. The number of aliphatic hydroxyl groups excluding tert-OH is 2. The highest BCUT2D eigenvalue weighted by Crippen LogP contribution is 2.06. The van der Waals surface area contributed by atoms with Crippen molar-refractivity contribution in [3.63, 3.8) is 0 Å². The Balaban J connectivity index is 5.48. The molecule has 0 aliphatic carbocycles. The van der Waals surface area contributed by atoms with Gasteiger partial charge in [-0.1, -0.05) is 0 Å². The molecule has 0 bridgehead atoms. The normalized spacial score (nSPS) is 15.2. The first kappa shape index (κ1) is 31.0. The number of hydrogen-bond acceptors (Lipinski definition) is 9. The molecule has 0 fully saturated rings. The minimum atomic E-state index is -1.49. The van der Waals surface area contributed by atoms with Crippen molar-refractivity contribution in [3.8, 4) is 0 Å². The van der Waals surface area contributed by atoms with Gasteiger partial charge >= 0.3 is 5.97 Å². The predicted octanol–water partition coefficient (Wildman–Crippen LogP) is -4.59. The van der Waals surface area contributed by atoms with Gasteiger partial charge in [0, 0.05) is 6.54 Å². The monoisotopic (exact) mass is 490 g/mol. The van der Waals surface area contributed by atoms with Crippen molar-refractivity contribution in [3.05, 3.63) is 0 Å². The molecule has 3 amide bonds. The number of nitrogens with one attached hydrogen (secondary N) is 3. The van der Waals surface area contributed by atoms with E-state index in [1.54, 1.807) is 0 Å². The van der Waals surface area contributed by atoms with Gasteiger partial charge in [0.15, 0.2) is 5.96 Å². The number of carbonyl (C=O) groups is 4. The number of carboxylic acid groups (broad SMARTS) is 1. The SMILES string of the molecule is CC(O)C(NC(=O)C(N)CO)C(=O)NC(CCCN=C(N)N)C(=O)NC(CCCCN)C(=O)O. The van der Waals surface area contributed by atoms with Gasteiger partial charge < -0.3 is 54.2 Å². The second kappa shape index (κ2) is 16.6. The zero-order chi connectivity index (χ0) is 26.3. The lowest BCUT2D eigenvalue weighted by Gasteiger charge is -2.26. The lowest BCUT2D eigenvalue weighted by molar-refractivity contribution is -0.142. The molecule has 0 aromatic carbocycles. The Bertz CT molecular complexity index is 700. The van der Waals surface area contributed by atoms with Crippen LogP contribution in [0.3, 0.4) is 0 Å². The van der Waals surface area contributed by atoms with E-state index in [0.717, 1.165) is 0 Å². The molecule has 0 aliphatic heterocycles. The number of guanidine groups is 1. The maximum atomic E-state index is 12.8. The summed E-state index contributed by atoms with van der Waals surface area (Å²) >= 11 is 0. The zero-order valence-corrected chi connectivity index (χ0v) is 19.3. The van der Waals surface area contributed by atoms with E-state index in [0.29, 0.717) is 19.4 Å². The van der Waals surface area contributed by atoms with Gasteiger partial charge in [0.1, 0.15) is 24.2 Å². The average Bonchev–Trinajstić information content (AvgIpc) is 2.77. The first-order chi connectivity index (χ1) is 15.9. The highest BCUT2D eigenvalue weighted by Gasteiger charge is 2.32. The number of carboxylic acids is 1. The molecule has 14 N–H and O–H groups in total.